The van der Waals surface area contributed by atoms with Gasteiger partial charge in [0.1, 0.15) is 5.75 Å². The molecule has 1 atom stereocenters. The van der Waals surface area contributed by atoms with Crippen molar-refractivity contribution in [2.75, 3.05) is 31.6 Å². The number of nitrogens with zero attached hydrogens (tertiary/aromatic N) is 4. The number of aromatic nitrogens is 3. The number of benzene rings is 1. The van der Waals surface area contributed by atoms with Gasteiger partial charge in [-0.3, -0.25) is 4.79 Å². The summed E-state index contributed by atoms with van der Waals surface area (Å²) in [5.74, 6) is 1.60. The summed E-state index contributed by atoms with van der Waals surface area (Å²) in [6.45, 7) is 8.78. The Kier molecular flexibility index (Phi) is 6.46. The predicted molar refractivity (Wildman–Crippen MR) is 125 cm³/mol. The fourth-order valence-electron chi connectivity index (χ4n) is 3.96. The van der Waals surface area contributed by atoms with Gasteiger partial charge in [0.15, 0.2) is 10.8 Å². The number of carbonyl (C=O) groups is 1. The van der Waals surface area contributed by atoms with Crippen LogP contribution in [0.5, 0.6) is 5.75 Å². The number of aryl methyl sites for hydroxylation is 1. The highest BCUT2D eigenvalue weighted by Crippen LogP contribution is 2.34. The Morgan fingerprint density at radius 3 is 2.81 bits per heavy atom. The number of anilines is 1. The Morgan fingerprint density at radius 2 is 2.10 bits per heavy atom. The van der Waals surface area contributed by atoms with Crippen LogP contribution in [0.15, 0.2) is 24.3 Å². The molecule has 1 fully saturated rings. The van der Waals surface area contributed by atoms with E-state index in [0.717, 1.165) is 71.5 Å². The summed E-state index contributed by atoms with van der Waals surface area (Å²) < 4.78 is 8.25. The number of hydrogen-bond acceptors (Lipinski definition) is 6. The molecule has 0 radical (unpaired) electrons. The second-order valence-corrected chi connectivity index (χ2v) is 9.58. The lowest BCUT2D eigenvalue weighted by Gasteiger charge is -2.31. The van der Waals surface area contributed by atoms with Gasteiger partial charge in [0.2, 0.25) is 5.91 Å². The van der Waals surface area contributed by atoms with Crippen LogP contribution in [0.25, 0.3) is 16.0 Å². The fraction of sp³-hybridized carbons (Fsp3) is 0.522. The predicted octanol–water partition coefficient (Wildman–Crippen LogP) is 4.18. The zero-order chi connectivity index (χ0) is 22.0. The maximum absolute atomic E-state index is 12.6. The first kappa shape index (κ1) is 21.6. The smallest absolute Gasteiger partial charge is 0.224 e. The molecular formula is C23H31N5O2S. The number of ether oxygens (including phenoxy) is 1. The van der Waals surface area contributed by atoms with E-state index in [1.807, 2.05) is 35.9 Å². The van der Waals surface area contributed by atoms with Crippen molar-refractivity contribution in [3.05, 3.63) is 30.0 Å². The Balaban J connectivity index is 1.52. The molecule has 0 aliphatic carbocycles. The molecule has 1 N–H and O–H groups in total. The summed E-state index contributed by atoms with van der Waals surface area (Å²) in [4.78, 5) is 19.8. The van der Waals surface area contributed by atoms with Crippen LogP contribution < -0.4 is 15.0 Å². The van der Waals surface area contributed by atoms with E-state index in [9.17, 15) is 4.79 Å². The van der Waals surface area contributed by atoms with E-state index in [-0.39, 0.29) is 11.8 Å². The molecule has 1 amide bonds. The van der Waals surface area contributed by atoms with Crippen molar-refractivity contribution in [3.63, 3.8) is 0 Å². The molecule has 0 spiro atoms. The summed E-state index contributed by atoms with van der Waals surface area (Å²) in [7, 11) is 1.66. The van der Waals surface area contributed by atoms with Crippen LogP contribution in [-0.2, 0) is 4.79 Å². The second kappa shape index (κ2) is 9.26. The van der Waals surface area contributed by atoms with Crippen LogP contribution in [0.1, 0.15) is 38.8 Å². The molecule has 1 aliphatic rings. The van der Waals surface area contributed by atoms with Gasteiger partial charge in [0.25, 0.3) is 0 Å². The third-order valence-corrected chi connectivity index (χ3v) is 6.99. The van der Waals surface area contributed by atoms with Gasteiger partial charge in [-0.1, -0.05) is 25.2 Å². The molecule has 0 bridgehead atoms. The monoisotopic (exact) mass is 441 g/mol. The lowest BCUT2D eigenvalue weighted by Crippen LogP contribution is -2.43. The van der Waals surface area contributed by atoms with Gasteiger partial charge in [-0.05, 0) is 56.4 Å². The standard InChI is InChI=1S/C23H31N5O2S/c1-15(2)11-12-24-22(29)17-6-5-13-27(14-17)23-25-21-20(31-23)16(3)26-28(21)18-7-9-19(30-4)10-8-18/h7-10,15,17H,5-6,11-14H2,1-4H3,(H,24,29). The van der Waals surface area contributed by atoms with E-state index in [0.29, 0.717) is 5.92 Å². The van der Waals surface area contributed by atoms with Crippen LogP contribution in [0.3, 0.4) is 0 Å². The Labute approximate surface area is 187 Å². The van der Waals surface area contributed by atoms with Gasteiger partial charge in [-0.15, -0.1) is 0 Å². The van der Waals surface area contributed by atoms with Crippen molar-refractivity contribution >= 4 is 32.7 Å². The zero-order valence-corrected chi connectivity index (χ0v) is 19.5. The molecule has 31 heavy (non-hydrogen) atoms. The molecule has 4 rings (SSSR count). The van der Waals surface area contributed by atoms with Gasteiger partial charge >= 0.3 is 0 Å². The number of hydrogen-bond donors (Lipinski definition) is 1. The molecule has 1 saturated heterocycles. The number of amides is 1. The lowest BCUT2D eigenvalue weighted by atomic mass is 9.97. The normalized spacial score (nSPS) is 16.8. The summed E-state index contributed by atoms with van der Waals surface area (Å²) in [6, 6.07) is 7.83. The van der Waals surface area contributed by atoms with E-state index in [2.05, 4.69) is 24.1 Å². The lowest BCUT2D eigenvalue weighted by molar-refractivity contribution is -0.125. The van der Waals surface area contributed by atoms with Crippen LogP contribution in [0.4, 0.5) is 5.13 Å². The highest BCUT2D eigenvalue weighted by molar-refractivity contribution is 7.22. The van der Waals surface area contributed by atoms with E-state index in [1.54, 1.807) is 18.4 Å². The molecule has 0 saturated carbocycles. The highest BCUT2D eigenvalue weighted by Gasteiger charge is 2.28. The van der Waals surface area contributed by atoms with Crippen molar-refractivity contribution < 1.29 is 9.53 Å². The van der Waals surface area contributed by atoms with E-state index >= 15 is 0 Å². The van der Waals surface area contributed by atoms with Crippen molar-refractivity contribution in [1.82, 2.24) is 20.1 Å². The quantitative estimate of drug-likeness (QED) is 0.596. The molecule has 7 nitrogen and oxygen atoms in total. The first-order chi connectivity index (χ1) is 15.0. The average molecular weight is 442 g/mol. The number of fused-ring (bicyclic) bond motifs is 1. The van der Waals surface area contributed by atoms with Crippen LogP contribution in [-0.4, -0.2) is 47.4 Å². The minimum Gasteiger partial charge on any atom is -0.497 e. The molecule has 1 unspecified atom stereocenters. The Hall–Kier alpha value is -2.61. The first-order valence-corrected chi connectivity index (χ1v) is 11.8. The third-order valence-electron chi connectivity index (χ3n) is 5.78. The second-order valence-electron chi connectivity index (χ2n) is 8.60. The number of nitrogens with one attached hydrogen (secondary N) is 1. The topological polar surface area (TPSA) is 72.3 Å². The van der Waals surface area contributed by atoms with E-state index in [4.69, 9.17) is 14.8 Å². The third kappa shape index (κ3) is 4.69. The van der Waals surface area contributed by atoms with Crippen molar-refractivity contribution in [2.24, 2.45) is 11.8 Å². The minimum absolute atomic E-state index is 0.0205. The van der Waals surface area contributed by atoms with Gasteiger partial charge in [0.05, 0.1) is 29.1 Å². The minimum atomic E-state index is 0.0205. The number of thiazole rings is 1. The van der Waals surface area contributed by atoms with Gasteiger partial charge in [-0.25, -0.2) is 4.68 Å². The highest BCUT2D eigenvalue weighted by atomic mass is 32.1. The number of carbonyl (C=O) groups excluding carboxylic acids is 1. The van der Waals surface area contributed by atoms with E-state index in [1.165, 1.54) is 0 Å². The molecule has 1 aliphatic heterocycles. The van der Waals surface area contributed by atoms with E-state index < -0.39 is 0 Å². The molecule has 2 aromatic heterocycles. The maximum Gasteiger partial charge on any atom is 0.224 e. The Bertz CT molecular complexity index is 1040. The molecule has 1 aromatic carbocycles. The molecular weight excluding hydrogens is 410 g/mol. The summed E-state index contributed by atoms with van der Waals surface area (Å²) >= 11 is 1.66. The van der Waals surface area contributed by atoms with Crippen molar-refractivity contribution in [1.29, 1.82) is 0 Å². The average Bonchev–Trinajstić information content (AvgIpc) is 3.34. The SMILES string of the molecule is COc1ccc(-n2nc(C)c3sc(N4CCCC(C(=O)NCCC(C)C)C4)nc32)cc1. The van der Waals surface area contributed by atoms with Crippen LogP contribution >= 0.6 is 11.3 Å². The molecule has 3 heterocycles. The Morgan fingerprint density at radius 1 is 1.32 bits per heavy atom. The van der Waals surface area contributed by atoms with Gasteiger partial charge in [-0.2, -0.15) is 10.1 Å². The van der Waals surface area contributed by atoms with Gasteiger partial charge in [0, 0.05) is 19.6 Å². The van der Waals surface area contributed by atoms with Crippen LogP contribution in [0, 0.1) is 18.8 Å². The van der Waals surface area contributed by atoms with Crippen molar-refractivity contribution in [3.8, 4) is 11.4 Å². The molecule has 3 aromatic rings. The fourth-order valence-corrected chi connectivity index (χ4v) is 4.98. The van der Waals surface area contributed by atoms with Crippen molar-refractivity contribution in [2.45, 2.75) is 40.0 Å². The summed E-state index contributed by atoms with van der Waals surface area (Å²) in [6.07, 6.45) is 2.95. The molecule has 166 valence electrons. The summed E-state index contributed by atoms with van der Waals surface area (Å²) in [5, 5.41) is 8.78. The number of piperidine rings is 1. The largest absolute Gasteiger partial charge is 0.497 e. The zero-order valence-electron chi connectivity index (χ0n) is 18.7. The van der Waals surface area contributed by atoms with Crippen LogP contribution in [0.2, 0.25) is 0 Å². The van der Waals surface area contributed by atoms with Gasteiger partial charge < -0.3 is 15.0 Å². The number of rotatable bonds is 7. The summed E-state index contributed by atoms with van der Waals surface area (Å²) in [5.41, 5.74) is 2.79. The number of methoxy groups -OCH3 is 1. The molecule has 8 heteroatoms. The first-order valence-electron chi connectivity index (χ1n) is 11.0. The maximum atomic E-state index is 12.6.